The molecule has 2 fully saturated rings. The maximum Gasteiger partial charge on any atom is 0.243 e. The van der Waals surface area contributed by atoms with Crippen molar-refractivity contribution in [3.63, 3.8) is 0 Å². The van der Waals surface area contributed by atoms with Crippen LogP contribution in [0.3, 0.4) is 0 Å². The Labute approximate surface area is 113 Å². The number of carbonyl (C=O) groups is 1. The van der Waals surface area contributed by atoms with E-state index in [1.807, 2.05) is 13.8 Å². The number of hydrogen-bond acceptors (Lipinski definition) is 5. The van der Waals surface area contributed by atoms with Crippen LogP contribution in [-0.4, -0.2) is 65.6 Å². The first kappa shape index (κ1) is 14.7. The molecule has 1 saturated heterocycles. The molecule has 3 unspecified atom stereocenters. The van der Waals surface area contributed by atoms with Gasteiger partial charge in [-0.3, -0.25) is 4.79 Å². The minimum atomic E-state index is -0.960. The van der Waals surface area contributed by atoms with Gasteiger partial charge in [0.15, 0.2) is 0 Å². The first-order valence-electron chi connectivity index (χ1n) is 6.82. The smallest absolute Gasteiger partial charge is 0.243 e. The van der Waals surface area contributed by atoms with E-state index in [1.165, 1.54) is 4.90 Å². The zero-order valence-corrected chi connectivity index (χ0v) is 11.6. The molecule has 0 spiro atoms. The second kappa shape index (κ2) is 5.01. The third kappa shape index (κ3) is 1.89. The van der Waals surface area contributed by atoms with E-state index in [9.17, 15) is 4.79 Å². The lowest BCUT2D eigenvalue weighted by atomic mass is 9.47. The third-order valence-corrected chi connectivity index (χ3v) is 4.83. The Morgan fingerprint density at radius 3 is 2.47 bits per heavy atom. The largest absolute Gasteiger partial charge is 0.395 e. The van der Waals surface area contributed by atoms with Gasteiger partial charge >= 0.3 is 0 Å². The van der Waals surface area contributed by atoms with Gasteiger partial charge < -0.3 is 25.6 Å². The summed E-state index contributed by atoms with van der Waals surface area (Å²) < 4.78 is 5.66. The molecule has 1 heterocycles. The van der Waals surface area contributed by atoms with Crippen LogP contribution in [0, 0.1) is 11.3 Å². The van der Waals surface area contributed by atoms with E-state index in [4.69, 9.17) is 20.7 Å². The number of aliphatic hydroxyl groups excluding tert-OH is 2. The van der Waals surface area contributed by atoms with E-state index in [0.717, 1.165) is 6.42 Å². The van der Waals surface area contributed by atoms with Gasteiger partial charge in [-0.25, -0.2) is 0 Å². The first-order valence-corrected chi connectivity index (χ1v) is 6.82. The molecule has 0 aromatic rings. The SMILES string of the molecule is CC1(C)C2OCCC2C1(N)C(=O)N(CCO)CCO. The van der Waals surface area contributed by atoms with Crippen molar-refractivity contribution in [1.82, 2.24) is 4.90 Å². The van der Waals surface area contributed by atoms with Crippen LogP contribution in [-0.2, 0) is 9.53 Å². The molecule has 6 heteroatoms. The van der Waals surface area contributed by atoms with Crippen LogP contribution in [0.25, 0.3) is 0 Å². The molecule has 0 aromatic heterocycles. The van der Waals surface area contributed by atoms with E-state index in [-0.39, 0.29) is 44.2 Å². The molecule has 2 rings (SSSR count). The maximum absolute atomic E-state index is 12.7. The second-order valence-corrected chi connectivity index (χ2v) is 6.02. The molecular weight excluding hydrogens is 248 g/mol. The summed E-state index contributed by atoms with van der Waals surface area (Å²) in [7, 11) is 0. The highest BCUT2D eigenvalue weighted by Gasteiger charge is 2.71. The number of amides is 1. The van der Waals surface area contributed by atoms with Crippen LogP contribution in [0.2, 0.25) is 0 Å². The number of aliphatic hydroxyl groups is 2. The Hall–Kier alpha value is -0.690. The molecule has 0 aromatic carbocycles. The topological polar surface area (TPSA) is 96.0 Å². The normalized spacial score (nSPS) is 35.6. The van der Waals surface area contributed by atoms with Crippen LogP contribution in [0.1, 0.15) is 20.3 Å². The van der Waals surface area contributed by atoms with Crippen molar-refractivity contribution in [2.45, 2.75) is 31.9 Å². The van der Waals surface area contributed by atoms with Crippen molar-refractivity contribution >= 4 is 5.91 Å². The Morgan fingerprint density at radius 2 is 1.95 bits per heavy atom. The number of nitrogens with zero attached hydrogens (tertiary/aromatic N) is 1. The highest BCUT2D eigenvalue weighted by molar-refractivity contribution is 5.89. The van der Waals surface area contributed by atoms with Gasteiger partial charge in [-0.1, -0.05) is 13.8 Å². The quantitative estimate of drug-likeness (QED) is 0.593. The van der Waals surface area contributed by atoms with Crippen molar-refractivity contribution < 1.29 is 19.7 Å². The van der Waals surface area contributed by atoms with Crippen LogP contribution in [0.4, 0.5) is 0 Å². The number of rotatable bonds is 5. The number of ether oxygens (including phenoxy) is 1. The molecule has 6 nitrogen and oxygen atoms in total. The minimum Gasteiger partial charge on any atom is -0.395 e. The number of fused-ring (bicyclic) bond motifs is 1. The molecule has 4 N–H and O–H groups in total. The van der Waals surface area contributed by atoms with E-state index >= 15 is 0 Å². The van der Waals surface area contributed by atoms with Gasteiger partial charge in [0, 0.05) is 31.0 Å². The Bertz CT molecular complexity index is 355. The summed E-state index contributed by atoms with van der Waals surface area (Å²) in [5, 5.41) is 18.1. The Balaban J connectivity index is 2.20. The van der Waals surface area contributed by atoms with Crippen LogP contribution in [0.15, 0.2) is 0 Å². The molecule has 110 valence electrons. The predicted molar refractivity (Wildman–Crippen MR) is 69.3 cm³/mol. The molecular formula is C13H24N2O4. The van der Waals surface area contributed by atoms with Crippen LogP contribution in [0.5, 0.6) is 0 Å². The molecule has 1 saturated carbocycles. The second-order valence-electron chi connectivity index (χ2n) is 6.02. The molecule has 1 aliphatic heterocycles. The van der Waals surface area contributed by atoms with Gasteiger partial charge in [-0.15, -0.1) is 0 Å². The van der Waals surface area contributed by atoms with Crippen LogP contribution >= 0.6 is 0 Å². The zero-order valence-electron chi connectivity index (χ0n) is 11.6. The van der Waals surface area contributed by atoms with Crippen molar-refractivity contribution in [3.8, 4) is 0 Å². The fourth-order valence-electron chi connectivity index (χ4n) is 3.64. The van der Waals surface area contributed by atoms with Crippen molar-refractivity contribution in [3.05, 3.63) is 0 Å². The summed E-state index contributed by atoms with van der Waals surface area (Å²) in [4.78, 5) is 14.2. The molecule has 3 atom stereocenters. The average molecular weight is 272 g/mol. The van der Waals surface area contributed by atoms with E-state index in [2.05, 4.69) is 0 Å². The summed E-state index contributed by atoms with van der Waals surface area (Å²) >= 11 is 0. The lowest BCUT2D eigenvalue weighted by Gasteiger charge is -2.61. The van der Waals surface area contributed by atoms with Gasteiger partial charge in [-0.05, 0) is 6.42 Å². The molecule has 2 aliphatic rings. The Kier molecular flexibility index (Phi) is 3.88. The zero-order chi connectivity index (χ0) is 14.3. The third-order valence-electron chi connectivity index (χ3n) is 4.83. The van der Waals surface area contributed by atoms with E-state index in [1.54, 1.807) is 0 Å². The average Bonchev–Trinajstić information content (AvgIpc) is 2.84. The number of carbonyl (C=O) groups excluding carboxylic acids is 1. The van der Waals surface area contributed by atoms with Crippen molar-refractivity contribution in [1.29, 1.82) is 0 Å². The summed E-state index contributed by atoms with van der Waals surface area (Å²) in [6.07, 6.45) is 0.828. The first-order chi connectivity index (χ1) is 8.91. The lowest BCUT2D eigenvalue weighted by Crippen LogP contribution is -2.80. The van der Waals surface area contributed by atoms with Crippen molar-refractivity contribution in [2.24, 2.45) is 17.1 Å². The highest BCUT2D eigenvalue weighted by atomic mass is 16.5. The molecule has 19 heavy (non-hydrogen) atoms. The van der Waals surface area contributed by atoms with Crippen LogP contribution < -0.4 is 5.73 Å². The van der Waals surface area contributed by atoms with Gasteiger partial charge in [0.25, 0.3) is 0 Å². The van der Waals surface area contributed by atoms with Gasteiger partial charge in [-0.2, -0.15) is 0 Å². The monoisotopic (exact) mass is 272 g/mol. The van der Waals surface area contributed by atoms with Crippen molar-refractivity contribution in [2.75, 3.05) is 32.9 Å². The summed E-state index contributed by atoms with van der Waals surface area (Å²) in [6, 6.07) is 0. The van der Waals surface area contributed by atoms with Gasteiger partial charge in [0.1, 0.15) is 5.54 Å². The summed E-state index contributed by atoms with van der Waals surface area (Å²) in [5.74, 6) is -0.151. The molecule has 0 bridgehead atoms. The fourth-order valence-corrected chi connectivity index (χ4v) is 3.64. The van der Waals surface area contributed by atoms with E-state index in [0.29, 0.717) is 6.61 Å². The fraction of sp³-hybridized carbons (Fsp3) is 0.923. The summed E-state index contributed by atoms with van der Waals surface area (Å²) in [5.41, 5.74) is 5.05. The number of hydrogen-bond donors (Lipinski definition) is 3. The van der Waals surface area contributed by atoms with E-state index < -0.39 is 11.0 Å². The Morgan fingerprint density at radius 1 is 1.37 bits per heavy atom. The molecule has 1 aliphatic carbocycles. The lowest BCUT2D eigenvalue weighted by molar-refractivity contribution is -0.185. The number of nitrogens with two attached hydrogens (primary N) is 1. The summed E-state index contributed by atoms with van der Waals surface area (Å²) in [6.45, 7) is 4.69. The maximum atomic E-state index is 12.7. The highest BCUT2D eigenvalue weighted by Crippen LogP contribution is 2.58. The standard InChI is InChI=1S/C13H24N2O4/c1-12(2)10-9(3-8-19-10)13(12,14)11(18)15(4-6-16)5-7-17/h9-10,16-17H,3-8,14H2,1-2H3. The molecule has 1 amide bonds. The van der Waals surface area contributed by atoms with Gasteiger partial charge in [0.2, 0.25) is 5.91 Å². The molecule has 0 radical (unpaired) electrons. The minimum absolute atomic E-state index is 0.0338. The van der Waals surface area contributed by atoms with Gasteiger partial charge in [0.05, 0.1) is 19.3 Å². The predicted octanol–water partition coefficient (Wildman–Crippen LogP) is -1.06.